The van der Waals surface area contributed by atoms with Gasteiger partial charge in [-0.25, -0.2) is 0 Å². The zero-order valence-corrected chi connectivity index (χ0v) is 10.0. The van der Waals surface area contributed by atoms with Gasteiger partial charge in [-0.3, -0.25) is 0 Å². The number of likely N-dealkylation sites (N-methyl/N-ethyl adjacent to an activating group) is 1. The van der Waals surface area contributed by atoms with E-state index in [0.717, 1.165) is 19.5 Å². The van der Waals surface area contributed by atoms with E-state index in [1.807, 2.05) is 17.4 Å². The maximum Gasteiger partial charge on any atom is 0.0404 e. The van der Waals surface area contributed by atoms with E-state index >= 15 is 0 Å². The van der Waals surface area contributed by atoms with E-state index in [-0.39, 0.29) is 0 Å². The van der Waals surface area contributed by atoms with Gasteiger partial charge in [0, 0.05) is 23.8 Å². The lowest BCUT2D eigenvalue weighted by molar-refractivity contribution is 0.376. The molecule has 1 nitrogen and oxygen atoms in total. The zero-order chi connectivity index (χ0) is 10.2. The molecule has 1 heterocycles. The highest BCUT2D eigenvalue weighted by molar-refractivity contribution is 7.09. The van der Waals surface area contributed by atoms with E-state index in [9.17, 15) is 0 Å². The van der Waals surface area contributed by atoms with Gasteiger partial charge in [-0.15, -0.1) is 22.9 Å². The van der Waals surface area contributed by atoms with Crippen LogP contribution in [-0.4, -0.2) is 30.9 Å². The molecule has 0 saturated carbocycles. The molecule has 0 aromatic carbocycles. The van der Waals surface area contributed by atoms with Crippen LogP contribution in [0.2, 0.25) is 0 Å². The van der Waals surface area contributed by atoms with Crippen molar-refractivity contribution in [3.05, 3.63) is 34.5 Å². The molecule has 0 unspecified atom stereocenters. The molecule has 0 amide bonds. The first-order chi connectivity index (χ1) is 6.83. The molecule has 0 atom stereocenters. The molecule has 78 valence electrons. The molecule has 0 aliphatic heterocycles. The second kappa shape index (κ2) is 7.04. The molecule has 0 aliphatic rings. The number of allylic oxidation sites excluding steroid dienone is 1. The van der Waals surface area contributed by atoms with E-state index in [4.69, 9.17) is 11.6 Å². The van der Waals surface area contributed by atoms with Gasteiger partial charge in [-0.2, -0.15) is 0 Å². The largest absolute Gasteiger partial charge is 0.302 e. The Labute approximate surface area is 95.0 Å². The molecular formula is C11H16ClNS. The van der Waals surface area contributed by atoms with Crippen molar-refractivity contribution in [2.45, 2.75) is 6.42 Å². The van der Waals surface area contributed by atoms with Crippen molar-refractivity contribution >= 4 is 22.9 Å². The van der Waals surface area contributed by atoms with E-state index < -0.39 is 0 Å². The minimum atomic E-state index is 0.610. The summed E-state index contributed by atoms with van der Waals surface area (Å²) in [6, 6.07) is 4.29. The maximum atomic E-state index is 5.54. The Morgan fingerprint density at radius 2 is 2.36 bits per heavy atom. The van der Waals surface area contributed by atoms with Gasteiger partial charge in [0.25, 0.3) is 0 Å². The Bertz CT molecular complexity index is 256. The second-order valence-corrected chi connectivity index (χ2v) is 4.56. The van der Waals surface area contributed by atoms with E-state index in [2.05, 4.69) is 35.5 Å². The van der Waals surface area contributed by atoms with Crippen molar-refractivity contribution in [2.24, 2.45) is 0 Å². The van der Waals surface area contributed by atoms with Crippen LogP contribution in [0.25, 0.3) is 0 Å². The summed E-state index contributed by atoms with van der Waals surface area (Å²) in [5, 5.41) is 2.13. The van der Waals surface area contributed by atoms with Crippen molar-refractivity contribution < 1.29 is 0 Å². The molecule has 0 fully saturated rings. The predicted octanol–water partition coefficient (Wildman–Crippen LogP) is 3.02. The van der Waals surface area contributed by atoms with Gasteiger partial charge < -0.3 is 4.90 Å². The monoisotopic (exact) mass is 229 g/mol. The van der Waals surface area contributed by atoms with Crippen molar-refractivity contribution in [3.8, 4) is 0 Å². The first kappa shape index (κ1) is 11.8. The van der Waals surface area contributed by atoms with Crippen molar-refractivity contribution in [3.63, 3.8) is 0 Å². The third-order valence-electron chi connectivity index (χ3n) is 1.99. The van der Waals surface area contributed by atoms with Crippen LogP contribution < -0.4 is 0 Å². The SMILES string of the molecule is CN(CC=CCCl)CCc1cccs1. The highest BCUT2D eigenvalue weighted by atomic mass is 35.5. The predicted molar refractivity (Wildman–Crippen MR) is 65.4 cm³/mol. The third kappa shape index (κ3) is 4.80. The Morgan fingerprint density at radius 1 is 1.50 bits per heavy atom. The van der Waals surface area contributed by atoms with Gasteiger partial charge in [0.1, 0.15) is 0 Å². The van der Waals surface area contributed by atoms with Crippen molar-refractivity contribution in [1.29, 1.82) is 0 Å². The first-order valence-electron chi connectivity index (χ1n) is 4.75. The van der Waals surface area contributed by atoms with Gasteiger partial charge >= 0.3 is 0 Å². The number of hydrogen-bond donors (Lipinski definition) is 0. The molecule has 1 aromatic heterocycles. The molecule has 1 aromatic rings. The average molecular weight is 230 g/mol. The minimum absolute atomic E-state index is 0.610. The molecule has 0 N–H and O–H groups in total. The van der Waals surface area contributed by atoms with Gasteiger partial charge in [0.15, 0.2) is 0 Å². The number of thiophene rings is 1. The van der Waals surface area contributed by atoms with Crippen LogP contribution in [0.4, 0.5) is 0 Å². The van der Waals surface area contributed by atoms with E-state index in [1.165, 1.54) is 4.88 Å². The van der Waals surface area contributed by atoms with Crippen LogP contribution >= 0.6 is 22.9 Å². The van der Waals surface area contributed by atoms with E-state index in [1.54, 1.807) is 0 Å². The topological polar surface area (TPSA) is 3.24 Å². The lowest BCUT2D eigenvalue weighted by Gasteiger charge is -2.12. The zero-order valence-electron chi connectivity index (χ0n) is 8.45. The molecule has 0 aliphatic carbocycles. The molecular weight excluding hydrogens is 214 g/mol. The van der Waals surface area contributed by atoms with Crippen LogP contribution in [-0.2, 0) is 6.42 Å². The number of nitrogens with zero attached hydrogens (tertiary/aromatic N) is 1. The molecule has 0 bridgehead atoms. The van der Waals surface area contributed by atoms with Crippen LogP contribution in [0.1, 0.15) is 4.88 Å². The summed E-state index contributed by atoms with van der Waals surface area (Å²) in [5.74, 6) is 0.610. The Kier molecular flexibility index (Phi) is 5.92. The maximum absolute atomic E-state index is 5.54. The van der Waals surface area contributed by atoms with E-state index in [0.29, 0.717) is 5.88 Å². The Hall–Kier alpha value is -0.310. The highest BCUT2D eigenvalue weighted by Crippen LogP contribution is 2.09. The van der Waals surface area contributed by atoms with Gasteiger partial charge in [0.2, 0.25) is 0 Å². The van der Waals surface area contributed by atoms with Crippen LogP contribution in [0.5, 0.6) is 0 Å². The summed E-state index contributed by atoms with van der Waals surface area (Å²) in [6.45, 7) is 2.09. The molecule has 1 rings (SSSR count). The fourth-order valence-corrected chi connectivity index (χ4v) is 1.99. The standard InChI is InChI=1S/C11H16ClNS/c1-13(8-3-2-7-12)9-6-11-5-4-10-14-11/h2-5,10H,6-9H2,1H3. The normalized spacial score (nSPS) is 11.6. The fraction of sp³-hybridized carbons (Fsp3) is 0.455. The van der Waals surface area contributed by atoms with Crippen molar-refractivity contribution in [2.75, 3.05) is 26.0 Å². The van der Waals surface area contributed by atoms with Crippen LogP contribution in [0.15, 0.2) is 29.7 Å². The molecule has 0 saturated heterocycles. The highest BCUT2D eigenvalue weighted by Gasteiger charge is 1.97. The number of rotatable bonds is 6. The smallest absolute Gasteiger partial charge is 0.0404 e. The van der Waals surface area contributed by atoms with Crippen LogP contribution in [0.3, 0.4) is 0 Å². The van der Waals surface area contributed by atoms with Crippen LogP contribution in [0, 0.1) is 0 Å². The summed E-state index contributed by atoms with van der Waals surface area (Å²) in [4.78, 5) is 3.75. The second-order valence-electron chi connectivity index (χ2n) is 3.22. The third-order valence-corrected chi connectivity index (χ3v) is 3.11. The number of alkyl halides is 1. The van der Waals surface area contributed by atoms with Gasteiger partial charge in [0.05, 0.1) is 0 Å². The molecule has 3 heteroatoms. The van der Waals surface area contributed by atoms with Gasteiger partial charge in [-0.1, -0.05) is 18.2 Å². The summed E-state index contributed by atoms with van der Waals surface area (Å²) in [7, 11) is 2.13. The summed E-state index contributed by atoms with van der Waals surface area (Å²) in [5.41, 5.74) is 0. The van der Waals surface area contributed by atoms with Gasteiger partial charge in [-0.05, 0) is 24.9 Å². The number of halogens is 1. The fourth-order valence-electron chi connectivity index (χ4n) is 1.16. The molecule has 14 heavy (non-hydrogen) atoms. The summed E-state index contributed by atoms with van der Waals surface area (Å²) in [6.07, 6.45) is 5.24. The number of hydrogen-bond acceptors (Lipinski definition) is 2. The minimum Gasteiger partial charge on any atom is -0.302 e. The summed E-state index contributed by atoms with van der Waals surface area (Å²) < 4.78 is 0. The first-order valence-corrected chi connectivity index (χ1v) is 6.16. The lowest BCUT2D eigenvalue weighted by atomic mass is 10.3. The molecule has 0 radical (unpaired) electrons. The lowest BCUT2D eigenvalue weighted by Crippen LogP contribution is -2.20. The Balaban J connectivity index is 2.15. The molecule has 0 spiro atoms. The summed E-state index contributed by atoms with van der Waals surface area (Å²) >= 11 is 7.37. The average Bonchev–Trinajstić information content (AvgIpc) is 2.68. The van der Waals surface area contributed by atoms with Crippen molar-refractivity contribution in [1.82, 2.24) is 4.90 Å². The quantitative estimate of drug-likeness (QED) is 0.536. The Morgan fingerprint density at radius 3 is 3.00 bits per heavy atom.